The fraction of sp³-hybridized carbons (Fsp3) is 0.192. The summed E-state index contributed by atoms with van der Waals surface area (Å²) in [4.78, 5) is 35.7. The number of amides is 2. The molecule has 0 aliphatic carbocycles. The molecule has 5 aromatic rings. The molecule has 6 rings (SSSR count). The Bertz CT molecular complexity index is 1560. The largest absolute Gasteiger partial charge is 0.459 e. The van der Waals surface area contributed by atoms with E-state index in [0.717, 1.165) is 33.4 Å². The number of fused-ring (bicyclic) bond motifs is 4. The number of carbonyl (C=O) groups excluding carboxylic acids is 2. The van der Waals surface area contributed by atoms with Crippen LogP contribution < -0.4 is 10.6 Å². The molecule has 2 aromatic carbocycles. The number of para-hydroxylation sites is 1. The van der Waals surface area contributed by atoms with Crippen molar-refractivity contribution in [3.05, 3.63) is 83.8 Å². The van der Waals surface area contributed by atoms with Gasteiger partial charge in [0.1, 0.15) is 11.6 Å². The van der Waals surface area contributed by atoms with E-state index in [1.54, 1.807) is 18.0 Å². The zero-order chi connectivity index (χ0) is 23.9. The number of aromatic nitrogens is 2. The van der Waals surface area contributed by atoms with E-state index in [-0.39, 0.29) is 24.1 Å². The van der Waals surface area contributed by atoms with Crippen LogP contribution in [-0.4, -0.2) is 39.8 Å². The minimum Gasteiger partial charge on any atom is -0.459 e. The molecule has 3 aromatic heterocycles. The zero-order valence-corrected chi connectivity index (χ0v) is 19.0. The first-order chi connectivity index (χ1) is 17.1. The standard InChI is InChI=1S/C26H23N5O4/c1-27-25(32)22-11-18-17-4-2-3-5-19(17)30-21(18)13-31(22)26(33)24-15(8-9-34-24)12-28-16-6-7-23-20(10-16)29-14-35-23/h2-10,14,22,28,30H,11-13H2,1H3,(H,27,32)/t22-/m1/s1. The Morgan fingerprint density at radius 1 is 1.17 bits per heavy atom. The summed E-state index contributed by atoms with van der Waals surface area (Å²) in [5.41, 5.74) is 6.00. The van der Waals surface area contributed by atoms with Crippen molar-refractivity contribution >= 4 is 39.5 Å². The van der Waals surface area contributed by atoms with E-state index in [2.05, 4.69) is 20.6 Å². The Labute approximate surface area is 200 Å². The van der Waals surface area contributed by atoms with Gasteiger partial charge in [0.05, 0.1) is 12.8 Å². The van der Waals surface area contributed by atoms with Crippen molar-refractivity contribution in [1.82, 2.24) is 20.2 Å². The highest BCUT2D eigenvalue weighted by atomic mass is 16.3. The van der Waals surface area contributed by atoms with Crippen LogP contribution in [0.3, 0.4) is 0 Å². The van der Waals surface area contributed by atoms with Crippen LogP contribution in [0.5, 0.6) is 0 Å². The van der Waals surface area contributed by atoms with Gasteiger partial charge < -0.3 is 29.4 Å². The van der Waals surface area contributed by atoms with E-state index in [0.29, 0.717) is 24.1 Å². The first-order valence-electron chi connectivity index (χ1n) is 11.4. The number of nitrogens with zero attached hydrogens (tertiary/aromatic N) is 2. The lowest BCUT2D eigenvalue weighted by atomic mass is 9.95. The molecule has 2 amide bonds. The Hall–Kier alpha value is -4.53. The van der Waals surface area contributed by atoms with Gasteiger partial charge in [0.25, 0.3) is 5.91 Å². The lowest BCUT2D eigenvalue weighted by molar-refractivity contribution is -0.125. The lowest BCUT2D eigenvalue weighted by Crippen LogP contribution is -2.52. The van der Waals surface area contributed by atoms with Gasteiger partial charge in [0.15, 0.2) is 17.7 Å². The molecule has 4 heterocycles. The fourth-order valence-electron chi connectivity index (χ4n) is 4.78. The maximum Gasteiger partial charge on any atom is 0.290 e. The maximum atomic E-state index is 13.7. The molecule has 3 N–H and O–H groups in total. The minimum atomic E-state index is -0.639. The van der Waals surface area contributed by atoms with E-state index in [4.69, 9.17) is 8.83 Å². The fourth-order valence-corrected chi connectivity index (χ4v) is 4.78. The number of hydrogen-bond acceptors (Lipinski definition) is 6. The predicted molar refractivity (Wildman–Crippen MR) is 130 cm³/mol. The summed E-state index contributed by atoms with van der Waals surface area (Å²) in [5, 5.41) is 7.10. The van der Waals surface area contributed by atoms with Crippen molar-refractivity contribution in [3.8, 4) is 0 Å². The minimum absolute atomic E-state index is 0.207. The molecule has 9 heteroatoms. The number of H-pyrrole nitrogens is 1. The number of furan rings is 1. The molecule has 1 aliphatic heterocycles. The molecule has 0 bridgehead atoms. The third kappa shape index (κ3) is 3.61. The van der Waals surface area contributed by atoms with Gasteiger partial charge >= 0.3 is 0 Å². The number of likely N-dealkylation sites (N-methyl/N-ethyl adjacent to an activating group) is 1. The Morgan fingerprint density at radius 2 is 2.06 bits per heavy atom. The van der Waals surface area contributed by atoms with Crippen LogP contribution in [0.15, 0.2) is 70.0 Å². The molecule has 1 aliphatic rings. The van der Waals surface area contributed by atoms with Gasteiger partial charge in [-0.3, -0.25) is 9.59 Å². The van der Waals surface area contributed by atoms with Gasteiger partial charge in [-0.15, -0.1) is 0 Å². The van der Waals surface area contributed by atoms with E-state index >= 15 is 0 Å². The highest BCUT2D eigenvalue weighted by Crippen LogP contribution is 2.32. The normalized spacial score (nSPS) is 15.3. The van der Waals surface area contributed by atoms with E-state index < -0.39 is 6.04 Å². The lowest BCUT2D eigenvalue weighted by Gasteiger charge is -2.34. The summed E-state index contributed by atoms with van der Waals surface area (Å²) in [6.45, 7) is 0.661. The maximum absolute atomic E-state index is 13.7. The van der Waals surface area contributed by atoms with E-state index in [1.165, 1.54) is 12.7 Å². The van der Waals surface area contributed by atoms with Crippen molar-refractivity contribution in [2.75, 3.05) is 12.4 Å². The zero-order valence-electron chi connectivity index (χ0n) is 19.0. The van der Waals surface area contributed by atoms with Crippen molar-refractivity contribution in [2.45, 2.75) is 25.6 Å². The molecular formula is C26H23N5O4. The third-order valence-corrected chi connectivity index (χ3v) is 6.57. The van der Waals surface area contributed by atoms with Crippen molar-refractivity contribution < 1.29 is 18.4 Å². The van der Waals surface area contributed by atoms with Gasteiger partial charge in [0.2, 0.25) is 5.91 Å². The number of benzene rings is 2. The first-order valence-corrected chi connectivity index (χ1v) is 11.4. The quantitative estimate of drug-likeness (QED) is 0.360. The predicted octanol–water partition coefficient (Wildman–Crippen LogP) is 3.83. The number of nitrogens with one attached hydrogen (secondary N) is 3. The summed E-state index contributed by atoms with van der Waals surface area (Å²) < 4.78 is 10.9. The highest BCUT2D eigenvalue weighted by Gasteiger charge is 2.38. The number of rotatable bonds is 5. The molecular weight excluding hydrogens is 446 g/mol. The van der Waals surface area contributed by atoms with Crippen LogP contribution in [0.4, 0.5) is 5.69 Å². The highest BCUT2D eigenvalue weighted by molar-refractivity contribution is 5.98. The summed E-state index contributed by atoms with van der Waals surface area (Å²) in [7, 11) is 1.59. The van der Waals surface area contributed by atoms with Crippen LogP contribution in [0, 0.1) is 0 Å². The third-order valence-electron chi connectivity index (χ3n) is 6.57. The van der Waals surface area contributed by atoms with E-state index in [1.807, 2.05) is 42.5 Å². The topological polar surface area (TPSA) is 116 Å². The van der Waals surface area contributed by atoms with Crippen molar-refractivity contribution in [2.24, 2.45) is 0 Å². The second kappa shape index (κ2) is 8.35. The summed E-state index contributed by atoms with van der Waals surface area (Å²) in [5.74, 6) is -0.313. The monoisotopic (exact) mass is 469 g/mol. The average molecular weight is 470 g/mol. The number of carbonyl (C=O) groups is 2. The first kappa shape index (κ1) is 21.0. The van der Waals surface area contributed by atoms with E-state index in [9.17, 15) is 9.59 Å². The molecule has 35 heavy (non-hydrogen) atoms. The Balaban J connectivity index is 1.28. The number of hydrogen-bond donors (Lipinski definition) is 3. The van der Waals surface area contributed by atoms with Crippen LogP contribution >= 0.6 is 0 Å². The summed E-state index contributed by atoms with van der Waals surface area (Å²) >= 11 is 0. The van der Waals surface area contributed by atoms with Gasteiger partial charge in [0, 0.05) is 47.9 Å². The average Bonchev–Trinajstić information content (AvgIpc) is 3.63. The van der Waals surface area contributed by atoms with Crippen LogP contribution in [0.25, 0.3) is 22.0 Å². The number of aromatic amines is 1. The number of anilines is 1. The van der Waals surface area contributed by atoms with Crippen molar-refractivity contribution in [3.63, 3.8) is 0 Å². The SMILES string of the molecule is CNC(=O)[C@H]1Cc2c([nH]c3ccccc23)CN1C(=O)c1occc1CNc1ccc2ocnc2c1. The molecule has 0 fully saturated rings. The Kier molecular flexibility index (Phi) is 5.02. The van der Waals surface area contributed by atoms with Crippen LogP contribution in [-0.2, 0) is 24.3 Å². The number of oxazole rings is 1. The van der Waals surface area contributed by atoms with Crippen LogP contribution in [0.2, 0.25) is 0 Å². The second-order valence-electron chi connectivity index (χ2n) is 8.56. The molecule has 0 saturated heterocycles. The summed E-state index contributed by atoms with van der Waals surface area (Å²) in [6.07, 6.45) is 3.33. The van der Waals surface area contributed by atoms with Gasteiger partial charge in [-0.05, 0) is 35.9 Å². The molecule has 0 radical (unpaired) electrons. The molecule has 9 nitrogen and oxygen atoms in total. The van der Waals surface area contributed by atoms with Crippen molar-refractivity contribution in [1.29, 1.82) is 0 Å². The van der Waals surface area contributed by atoms with Gasteiger partial charge in [-0.25, -0.2) is 4.98 Å². The molecule has 0 saturated carbocycles. The summed E-state index contributed by atoms with van der Waals surface area (Å²) in [6, 6.07) is 14.7. The Morgan fingerprint density at radius 3 is 2.94 bits per heavy atom. The molecule has 0 spiro atoms. The molecule has 0 unspecified atom stereocenters. The second-order valence-corrected chi connectivity index (χ2v) is 8.56. The van der Waals surface area contributed by atoms with Crippen LogP contribution in [0.1, 0.15) is 27.4 Å². The molecule has 1 atom stereocenters. The van der Waals surface area contributed by atoms with Gasteiger partial charge in [-0.2, -0.15) is 0 Å². The smallest absolute Gasteiger partial charge is 0.290 e. The van der Waals surface area contributed by atoms with Gasteiger partial charge in [-0.1, -0.05) is 18.2 Å². The molecule has 176 valence electrons.